The minimum Gasteiger partial charge on any atom is -0.311 e. The molecule has 0 atom stereocenters. The highest BCUT2D eigenvalue weighted by molar-refractivity contribution is 7.18. The number of anilines is 1. The predicted molar refractivity (Wildman–Crippen MR) is 100 cm³/mol. The molecule has 1 aliphatic rings. The van der Waals surface area contributed by atoms with Gasteiger partial charge in [0, 0.05) is 17.1 Å². The Hall–Kier alpha value is -2.47. The van der Waals surface area contributed by atoms with Crippen LogP contribution in [0.1, 0.15) is 23.8 Å². The quantitative estimate of drug-likeness (QED) is 0.727. The average molecular weight is 353 g/mol. The minimum absolute atomic E-state index is 0.0212. The van der Waals surface area contributed by atoms with Crippen LogP contribution in [-0.4, -0.2) is 22.0 Å². The van der Waals surface area contributed by atoms with Gasteiger partial charge in [-0.15, -0.1) is 11.3 Å². The van der Waals surface area contributed by atoms with E-state index in [9.17, 15) is 9.59 Å². The molecule has 0 bridgehead atoms. The summed E-state index contributed by atoms with van der Waals surface area (Å²) in [5.41, 5.74) is 2.01. The Kier molecular flexibility index (Phi) is 4.13. The van der Waals surface area contributed by atoms with E-state index in [1.807, 2.05) is 24.3 Å². The predicted octanol–water partition coefficient (Wildman–Crippen LogP) is 3.00. The van der Waals surface area contributed by atoms with E-state index < -0.39 is 0 Å². The number of thiophene rings is 1. The highest BCUT2D eigenvalue weighted by atomic mass is 32.1. The molecule has 0 radical (unpaired) electrons. The van der Waals surface area contributed by atoms with Gasteiger partial charge in [-0.25, -0.2) is 4.98 Å². The first-order valence-electron chi connectivity index (χ1n) is 8.53. The summed E-state index contributed by atoms with van der Waals surface area (Å²) in [4.78, 5) is 33.5. The summed E-state index contributed by atoms with van der Waals surface area (Å²) >= 11 is 1.54. The molecular formula is C19H19N3O2S. The summed E-state index contributed by atoms with van der Waals surface area (Å²) in [6, 6.07) is 9.88. The van der Waals surface area contributed by atoms with Gasteiger partial charge in [0.15, 0.2) is 0 Å². The second-order valence-electron chi connectivity index (χ2n) is 6.24. The normalized spacial score (nSPS) is 13.9. The fraction of sp³-hybridized carbons (Fsp3) is 0.316. The van der Waals surface area contributed by atoms with Gasteiger partial charge < -0.3 is 4.90 Å². The van der Waals surface area contributed by atoms with E-state index >= 15 is 0 Å². The Balaban J connectivity index is 1.65. The average Bonchev–Trinajstić information content (AvgIpc) is 3.08. The van der Waals surface area contributed by atoms with E-state index in [1.165, 1.54) is 27.8 Å². The molecule has 0 saturated heterocycles. The Morgan fingerprint density at radius 2 is 2.16 bits per heavy atom. The lowest BCUT2D eigenvalue weighted by Gasteiger charge is -2.29. The van der Waals surface area contributed by atoms with Gasteiger partial charge in [0.05, 0.1) is 11.7 Å². The van der Waals surface area contributed by atoms with Crippen LogP contribution in [0.15, 0.2) is 41.5 Å². The summed E-state index contributed by atoms with van der Waals surface area (Å²) in [6.45, 7) is 2.77. The molecule has 1 aromatic carbocycles. The number of aryl methyl sites for hydroxylation is 2. The molecule has 1 aliphatic heterocycles. The number of nitrogens with zero attached hydrogens (tertiary/aromatic N) is 3. The first-order valence-corrected chi connectivity index (χ1v) is 9.35. The van der Waals surface area contributed by atoms with Gasteiger partial charge >= 0.3 is 0 Å². The molecule has 0 aliphatic carbocycles. The zero-order chi connectivity index (χ0) is 17.4. The molecule has 128 valence electrons. The number of carbonyl (C=O) groups excluding carboxylic acids is 1. The van der Waals surface area contributed by atoms with Crippen LogP contribution in [-0.2, 0) is 24.2 Å². The molecule has 0 spiro atoms. The number of para-hydroxylation sites is 1. The summed E-state index contributed by atoms with van der Waals surface area (Å²) in [7, 11) is 0. The maximum atomic E-state index is 12.8. The summed E-state index contributed by atoms with van der Waals surface area (Å²) in [5.74, 6) is -0.0682. The molecule has 3 aromatic rings. The zero-order valence-electron chi connectivity index (χ0n) is 14.1. The topological polar surface area (TPSA) is 55.2 Å². The number of carbonyl (C=O) groups is 1. The Morgan fingerprint density at radius 1 is 1.32 bits per heavy atom. The molecule has 0 saturated carbocycles. The van der Waals surface area contributed by atoms with Crippen molar-refractivity contribution in [3.63, 3.8) is 0 Å². The molecule has 0 N–H and O–H groups in total. The van der Waals surface area contributed by atoms with Crippen molar-refractivity contribution < 1.29 is 4.79 Å². The van der Waals surface area contributed by atoms with Gasteiger partial charge in [0.1, 0.15) is 11.4 Å². The first-order chi connectivity index (χ1) is 12.2. The number of hydrogen-bond donors (Lipinski definition) is 0. The largest absolute Gasteiger partial charge is 0.311 e. The van der Waals surface area contributed by atoms with Crippen molar-refractivity contribution in [1.82, 2.24) is 9.55 Å². The second kappa shape index (κ2) is 6.44. The molecule has 3 heterocycles. The van der Waals surface area contributed by atoms with Crippen LogP contribution in [0.25, 0.3) is 10.2 Å². The number of rotatable bonds is 3. The van der Waals surface area contributed by atoms with Crippen LogP contribution in [0.3, 0.4) is 0 Å². The van der Waals surface area contributed by atoms with Crippen molar-refractivity contribution in [2.45, 2.75) is 32.7 Å². The SMILES string of the molecule is CCc1cc2c(=O)n(CC(=O)N3CCCc4ccccc43)cnc2s1. The van der Waals surface area contributed by atoms with Gasteiger partial charge in [0.2, 0.25) is 5.91 Å². The highest BCUT2D eigenvalue weighted by Gasteiger charge is 2.22. The molecule has 0 fully saturated rings. The van der Waals surface area contributed by atoms with E-state index in [-0.39, 0.29) is 18.0 Å². The van der Waals surface area contributed by atoms with E-state index in [0.717, 1.165) is 34.7 Å². The monoisotopic (exact) mass is 353 g/mol. The van der Waals surface area contributed by atoms with E-state index in [2.05, 4.69) is 18.0 Å². The van der Waals surface area contributed by atoms with E-state index in [0.29, 0.717) is 11.9 Å². The highest BCUT2D eigenvalue weighted by Crippen LogP contribution is 2.27. The number of amides is 1. The molecule has 5 nitrogen and oxygen atoms in total. The number of fused-ring (bicyclic) bond motifs is 2. The fourth-order valence-electron chi connectivity index (χ4n) is 3.32. The van der Waals surface area contributed by atoms with Crippen molar-refractivity contribution in [2.75, 3.05) is 11.4 Å². The third-order valence-electron chi connectivity index (χ3n) is 4.63. The molecule has 4 rings (SSSR count). The molecular weight excluding hydrogens is 334 g/mol. The van der Waals surface area contributed by atoms with E-state index in [4.69, 9.17) is 0 Å². The molecule has 2 aromatic heterocycles. The third-order valence-corrected chi connectivity index (χ3v) is 5.82. The van der Waals surface area contributed by atoms with Crippen molar-refractivity contribution in [3.8, 4) is 0 Å². The lowest BCUT2D eigenvalue weighted by Crippen LogP contribution is -2.39. The van der Waals surface area contributed by atoms with Crippen molar-refractivity contribution in [2.24, 2.45) is 0 Å². The number of hydrogen-bond acceptors (Lipinski definition) is 4. The van der Waals surface area contributed by atoms with Gasteiger partial charge in [0.25, 0.3) is 5.56 Å². The number of benzene rings is 1. The van der Waals surface area contributed by atoms with Gasteiger partial charge in [-0.3, -0.25) is 14.2 Å². The van der Waals surface area contributed by atoms with Gasteiger partial charge in [-0.1, -0.05) is 25.1 Å². The maximum absolute atomic E-state index is 12.8. The first kappa shape index (κ1) is 16.0. The smallest absolute Gasteiger partial charge is 0.262 e. The number of aromatic nitrogens is 2. The van der Waals surface area contributed by atoms with Crippen LogP contribution < -0.4 is 10.5 Å². The lowest BCUT2D eigenvalue weighted by atomic mass is 10.0. The van der Waals surface area contributed by atoms with Crippen LogP contribution in [0, 0.1) is 0 Å². The third kappa shape index (κ3) is 2.87. The summed E-state index contributed by atoms with van der Waals surface area (Å²) in [5, 5.41) is 0.608. The van der Waals surface area contributed by atoms with E-state index in [1.54, 1.807) is 4.90 Å². The summed E-state index contributed by atoms with van der Waals surface area (Å²) in [6.07, 6.45) is 4.31. The minimum atomic E-state index is -0.139. The summed E-state index contributed by atoms with van der Waals surface area (Å²) < 4.78 is 1.42. The fourth-order valence-corrected chi connectivity index (χ4v) is 4.25. The molecule has 6 heteroatoms. The molecule has 1 amide bonds. The maximum Gasteiger partial charge on any atom is 0.262 e. The van der Waals surface area contributed by atoms with Crippen LogP contribution in [0.5, 0.6) is 0 Å². The standard InChI is InChI=1S/C19H19N3O2S/c1-2-14-10-15-18(25-14)20-12-21(19(15)24)11-17(23)22-9-5-7-13-6-3-4-8-16(13)22/h3-4,6,8,10,12H,2,5,7,9,11H2,1H3. The van der Waals surface area contributed by atoms with Gasteiger partial charge in [-0.2, -0.15) is 0 Å². The van der Waals surface area contributed by atoms with Gasteiger partial charge in [-0.05, 0) is 37.0 Å². The Bertz CT molecular complexity index is 1010. The Labute approximate surface area is 149 Å². The second-order valence-corrected chi connectivity index (χ2v) is 7.36. The zero-order valence-corrected chi connectivity index (χ0v) is 14.9. The molecule has 25 heavy (non-hydrogen) atoms. The lowest BCUT2D eigenvalue weighted by molar-refractivity contribution is -0.119. The van der Waals surface area contributed by atoms with Crippen molar-refractivity contribution in [3.05, 3.63) is 57.5 Å². The van der Waals surface area contributed by atoms with Crippen LogP contribution >= 0.6 is 11.3 Å². The van der Waals surface area contributed by atoms with Crippen molar-refractivity contribution >= 4 is 33.1 Å². The van der Waals surface area contributed by atoms with Crippen LogP contribution in [0.4, 0.5) is 5.69 Å². The molecule has 0 unspecified atom stereocenters. The van der Waals surface area contributed by atoms with Crippen molar-refractivity contribution in [1.29, 1.82) is 0 Å². The Morgan fingerprint density at radius 3 is 3.00 bits per heavy atom. The van der Waals surface area contributed by atoms with Crippen LogP contribution in [0.2, 0.25) is 0 Å².